The van der Waals surface area contributed by atoms with Crippen LogP contribution in [0, 0.1) is 5.82 Å². The summed E-state index contributed by atoms with van der Waals surface area (Å²) in [6.07, 6.45) is 2.66. The SMILES string of the molecule is CC(=O)Nc1cccc(Nc2nccc(Oc3ccc(NC(=O)c4cn(C)c(=O)n(-c5ccc(F)cc5)c4=O)cc3)n2)c1. The minimum atomic E-state index is -0.845. The number of hydrogen-bond donors (Lipinski definition) is 3. The van der Waals surface area contributed by atoms with Crippen LogP contribution in [0.25, 0.3) is 5.69 Å². The van der Waals surface area contributed by atoms with Crippen LogP contribution in [-0.4, -0.2) is 30.9 Å². The highest BCUT2D eigenvalue weighted by atomic mass is 19.1. The first-order valence-corrected chi connectivity index (χ1v) is 12.8. The van der Waals surface area contributed by atoms with Crippen LogP contribution in [0.3, 0.4) is 0 Å². The Labute approximate surface area is 243 Å². The molecular formula is C30H24FN7O5. The molecule has 0 atom stereocenters. The molecule has 0 spiro atoms. The molecule has 3 N–H and O–H groups in total. The van der Waals surface area contributed by atoms with E-state index in [-0.39, 0.29) is 29.0 Å². The van der Waals surface area contributed by atoms with Crippen LogP contribution >= 0.6 is 0 Å². The molecule has 12 nitrogen and oxygen atoms in total. The maximum absolute atomic E-state index is 13.4. The average Bonchev–Trinajstić information content (AvgIpc) is 2.97. The van der Waals surface area contributed by atoms with Crippen molar-refractivity contribution in [3.63, 3.8) is 0 Å². The van der Waals surface area contributed by atoms with Gasteiger partial charge in [-0.3, -0.25) is 14.4 Å². The van der Waals surface area contributed by atoms with E-state index in [0.717, 1.165) is 27.5 Å². The molecule has 0 radical (unpaired) electrons. The molecule has 3 aromatic carbocycles. The molecule has 216 valence electrons. The first-order valence-electron chi connectivity index (χ1n) is 12.8. The summed E-state index contributed by atoms with van der Waals surface area (Å²) in [5.74, 6) is -0.525. The second-order valence-electron chi connectivity index (χ2n) is 9.24. The standard InChI is InChI=1S/C30H24FN7O5/c1-18(39)33-21-4-3-5-22(16-21)35-29-32-15-14-26(36-29)43-24-12-8-20(9-13-24)34-27(40)25-17-37(2)30(42)38(28(25)41)23-10-6-19(31)7-11-23/h3-17H,1-2H3,(H,33,39)(H,34,40)(H,32,35,36). The molecule has 0 saturated heterocycles. The molecule has 43 heavy (non-hydrogen) atoms. The number of nitrogens with one attached hydrogen (secondary N) is 3. The quantitative estimate of drug-likeness (QED) is 0.247. The van der Waals surface area contributed by atoms with E-state index < -0.39 is 23.0 Å². The van der Waals surface area contributed by atoms with Crippen LogP contribution in [0.1, 0.15) is 17.3 Å². The molecule has 0 fully saturated rings. The van der Waals surface area contributed by atoms with E-state index in [1.54, 1.807) is 54.6 Å². The minimum absolute atomic E-state index is 0.129. The summed E-state index contributed by atoms with van der Waals surface area (Å²) in [6.45, 7) is 1.42. The number of aromatic nitrogens is 4. The molecule has 13 heteroatoms. The summed E-state index contributed by atoms with van der Waals surface area (Å²) in [6, 6.07) is 19.7. The number of ether oxygens (including phenoxy) is 1. The number of benzene rings is 3. The second kappa shape index (κ2) is 12.2. The van der Waals surface area contributed by atoms with Gasteiger partial charge < -0.3 is 25.3 Å². The first kappa shape index (κ1) is 28.4. The molecule has 2 amide bonds. The van der Waals surface area contributed by atoms with Gasteiger partial charge in [0.25, 0.3) is 11.5 Å². The van der Waals surface area contributed by atoms with E-state index in [4.69, 9.17) is 4.74 Å². The number of nitrogens with zero attached hydrogens (tertiary/aromatic N) is 4. The number of carbonyl (C=O) groups is 2. The van der Waals surface area contributed by atoms with E-state index in [1.807, 2.05) is 0 Å². The van der Waals surface area contributed by atoms with Crippen LogP contribution in [-0.2, 0) is 11.8 Å². The lowest BCUT2D eigenvalue weighted by Crippen LogP contribution is -2.41. The molecule has 0 aliphatic carbocycles. The summed E-state index contributed by atoms with van der Waals surface area (Å²) in [4.78, 5) is 58.5. The maximum Gasteiger partial charge on any atom is 0.335 e. The van der Waals surface area contributed by atoms with Crippen molar-refractivity contribution in [2.45, 2.75) is 6.92 Å². The number of halogens is 1. The summed E-state index contributed by atoms with van der Waals surface area (Å²) < 4.78 is 21.1. The molecular weight excluding hydrogens is 557 g/mol. The van der Waals surface area contributed by atoms with Gasteiger partial charge in [-0.2, -0.15) is 4.98 Å². The molecule has 0 aliphatic rings. The average molecular weight is 582 g/mol. The summed E-state index contributed by atoms with van der Waals surface area (Å²) >= 11 is 0. The molecule has 5 aromatic rings. The van der Waals surface area contributed by atoms with Gasteiger partial charge in [-0.05, 0) is 66.7 Å². The normalized spacial score (nSPS) is 10.6. The smallest absolute Gasteiger partial charge is 0.335 e. The largest absolute Gasteiger partial charge is 0.439 e. The lowest BCUT2D eigenvalue weighted by atomic mass is 10.2. The van der Waals surface area contributed by atoms with Gasteiger partial charge in [-0.1, -0.05) is 6.07 Å². The lowest BCUT2D eigenvalue weighted by molar-refractivity contribution is -0.114. The van der Waals surface area contributed by atoms with Crippen LogP contribution in [0.2, 0.25) is 0 Å². The van der Waals surface area contributed by atoms with E-state index in [9.17, 15) is 23.6 Å². The van der Waals surface area contributed by atoms with Crippen molar-refractivity contribution in [3.8, 4) is 17.3 Å². The van der Waals surface area contributed by atoms with Gasteiger partial charge in [0.2, 0.25) is 17.7 Å². The fourth-order valence-electron chi connectivity index (χ4n) is 4.03. The molecule has 5 rings (SSSR count). The summed E-state index contributed by atoms with van der Waals surface area (Å²) in [5.41, 5.74) is -0.0417. The first-order chi connectivity index (χ1) is 20.7. The number of aryl methyl sites for hydroxylation is 1. The highest BCUT2D eigenvalue weighted by molar-refractivity contribution is 6.03. The van der Waals surface area contributed by atoms with Gasteiger partial charge >= 0.3 is 5.69 Å². The zero-order chi connectivity index (χ0) is 30.5. The Morgan fingerprint density at radius 1 is 0.884 bits per heavy atom. The van der Waals surface area contributed by atoms with Crippen molar-refractivity contribution in [1.82, 2.24) is 19.1 Å². The van der Waals surface area contributed by atoms with Crippen molar-refractivity contribution in [2.24, 2.45) is 7.05 Å². The fourth-order valence-corrected chi connectivity index (χ4v) is 4.03. The number of anilines is 4. The van der Waals surface area contributed by atoms with Crippen LogP contribution in [0.5, 0.6) is 11.6 Å². The van der Waals surface area contributed by atoms with Crippen LogP contribution < -0.4 is 31.9 Å². The van der Waals surface area contributed by atoms with Crippen LogP contribution in [0.15, 0.2) is 101 Å². The maximum atomic E-state index is 13.4. The predicted octanol–water partition coefficient (Wildman–Crippen LogP) is 4.21. The third-order valence-electron chi connectivity index (χ3n) is 5.98. The van der Waals surface area contributed by atoms with Crippen molar-refractivity contribution in [3.05, 3.63) is 123 Å². The molecule has 0 saturated carbocycles. The van der Waals surface area contributed by atoms with Crippen molar-refractivity contribution >= 4 is 34.8 Å². The Morgan fingerprint density at radius 3 is 2.33 bits per heavy atom. The molecule has 2 heterocycles. The van der Waals surface area contributed by atoms with Crippen molar-refractivity contribution in [1.29, 1.82) is 0 Å². The highest BCUT2D eigenvalue weighted by Crippen LogP contribution is 2.24. The third-order valence-corrected chi connectivity index (χ3v) is 5.98. The van der Waals surface area contributed by atoms with Gasteiger partial charge in [0, 0.05) is 49.5 Å². The Balaban J connectivity index is 1.28. The van der Waals surface area contributed by atoms with Gasteiger partial charge in [0.05, 0.1) is 5.69 Å². The molecule has 0 unspecified atom stereocenters. The molecule has 0 bridgehead atoms. The fraction of sp³-hybridized carbons (Fsp3) is 0.0667. The summed E-state index contributed by atoms with van der Waals surface area (Å²) in [5, 5.41) is 8.39. The zero-order valence-electron chi connectivity index (χ0n) is 22.9. The van der Waals surface area contributed by atoms with E-state index >= 15 is 0 Å². The third kappa shape index (κ3) is 6.79. The Bertz CT molecular complexity index is 1940. The van der Waals surface area contributed by atoms with E-state index in [1.165, 1.54) is 32.3 Å². The van der Waals surface area contributed by atoms with Gasteiger partial charge in [-0.25, -0.2) is 18.7 Å². The number of amides is 2. The zero-order valence-corrected chi connectivity index (χ0v) is 22.9. The monoisotopic (exact) mass is 581 g/mol. The number of rotatable bonds is 8. The topological polar surface area (TPSA) is 149 Å². The molecule has 0 aliphatic heterocycles. The highest BCUT2D eigenvalue weighted by Gasteiger charge is 2.18. The number of hydrogen-bond acceptors (Lipinski definition) is 8. The minimum Gasteiger partial charge on any atom is -0.439 e. The van der Waals surface area contributed by atoms with Crippen molar-refractivity contribution < 1.29 is 18.7 Å². The number of carbonyl (C=O) groups excluding carboxylic acids is 2. The lowest BCUT2D eigenvalue weighted by Gasteiger charge is -2.11. The second-order valence-corrected chi connectivity index (χ2v) is 9.24. The van der Waals surface area contributed by atoms with E-state index in [0.29, 0.717) is 22.8 Å². The van der Waals surface area contributed by atoms with Crippen molar-refractivity contribution in [2.75, 3.05) is 16.0 Å². The summed E-state index contributed by atoms with van der Waals surface area (Å²) in [7, 11) is 1.40. The van der Waals surface area contributed by atoms with Gasteiger partial charge in [0.15, 0.2) is 0 Å². The Hall–Kier alpha value is -6.11. The van der Waals surface area contributed by atoms with Gasteiger partial charge in [-0.15, -0.1) is 0 Å². The van der Waals surface area contributed by atoms with Crippen LogP contribution in [0.4, 0.5) is 27.4 Å². The van der Waals surface area contributed by atoms with Gasteiger partial charge in [0.1, 0.15) is 17.1 Å². The Morgan fingerprint density at radius 2 is 1.60 bits per heavy atom. The predicted molar refractivity (Wildman–Crippen MR) is 158 cm³/mol. The Kier molecular flexibility index (Phi) is 8.05. The van der Waals surface area contributed by atoms with E-state index in [2.05, 4.69) is 25.9 Å². The molecule has 2 aromatic heterocycles.